The van der Waals surface area contributed by atoms with Gasteiger partial charge in [-0.3, -0.25) is 0 Å². The van der Waals surface area contributed by atoms with Gasteiger partial charge in [0.1, 0.15) is 9.84 Å². The quantitative estimate of drug-likeness (QED) is 0.881. The average Bonchev–Trinajstić information content (AvgIpc) is 2.69. The first-order chi connectivity index (χ1) is 7.59. The highest BCUT2D eigenvalue weighted by atomic mass is 32.2. The zero-order chi connectivity index (χ0) is 11.6. The van der Waals surface area contributed by atoms with E-state index in [1.165, 1.54) is 11.3 Å². The number of aromatic nitrogens is 1. The minimum absolute atomic E-state index is 0.0384. The van der Waals surface area contributed by atoms with E-state index in [9.17, 15) is 8.42 Å². The van der Waals surface area contributed by atoms with Gasteiger partial charge in [0.05, 0.1) is 28.0 Å². The summed E-state index contributed by atoms with van der Waals surface area (Å²) in [6.45, 7) is 0.0384. The molecule has 0 saturated carbocycles. The van der Waals surface area contributed by atoms with Crippen LogP contribution in [0.25, 0.3) is 0 Å². The van der Waals surface area contributed by atoms with Gasteiger partial charge < -0.3 is 5.11 Å². The maximum atomic E-state index is 11.3. The number of hydrogen-bond donors (Lipinski definition) is 1. The van der Waals surface area contributed by atoms with Gasteiger partial charge in [0.15, 0.2) is 0 Å². The molecule has 0 spiro atoms. The van der Waals surface area contributed by atoms with Crippen LogP contribution in [0.15, 0.2) is 6.20 Å². The van der Waals surface area contributed by atoms with Crippen LogP contribution in [0.3, 0.4) is 0 Å². The Hall–Kier alpha value is -0.460. The lowest BCUT2D eigenvalue weighted by Crippen LogP contribution is -2.24. The fourth-order valence-electron chi connectivity index (χ4n) is 1.91. The third kappa shape index (κ3) is 3.02. The molecule has 1 aromatic rings. The molecule has 16 heavy (non-hydrogen) atoms. The SMILES string of the molecule is O=S1(=O)CCC(Cc2ncc(CO)s2)CC1. The first kappa shape index (κ1) is 12.0. The number of hydrogen-bond acceptors (Lipinski definition) is 5. The number of aliphatic hydroxyl groups is 1. The lowest BCUT2D eigenvalue weighted by atomic mass is 9.99. The van der Waals surface area contributed by atoms with Crippen LogP contribution in [0, 0.1) is 5.92 Å². The molecule has 1 aliphatic rings. The fourth-order valence-corrected chi connectivity index (χ4v) is 4.39. The lowest BCUT2D eigenvalue weighted by molar-refractivity contribution is 0.285. The summed E-state index contributed by atoms with van der Waals surface area (Å²) >= 11 is 1.52. The van der Waals surface area contributed by atoms with Crippen LogP contribution < -0.4 is 0 Å². The first-order valence-electron chi connectivity index (χ1n) is 5.34. The molecule has 1 fully saturated rings. The Labute approximate surface area is 99.3 Å². The zero-order valence-electron chi connectivity index (χ0n) is 8.92. The van der Waals surface area contributed by atoms with Gasteiger partial charge in [-0.2, -0.15) is 0 Å². The summed E-state index contributed by atoms with van der Waals surface area (Å²) < 4.78 is 22.5. The second kappa shape index (κ2) is 4.81. The van der Waals surface area contributed by atoms with Gasteiger partial charge in [-0.25, -0.2) is 13.4 Å². The van der Waals surface area contributed by atoms with Gasteiger partial charge in [-0.1, -0.05) is 0 Å². The minimum Gasteiger partial charge on any atom is -0.391 e. The molecule has 0 radical (unpaired) electrons. The Morgan fingerprint density at radius 1 is 1.44 bits per heavy atom. The summed E-state index contributed by atoms with van der Waals surface area (Å²) in [5.41, 5.74) is 0. The molecule has 1 N–H and O–H groups in total. The van der Waals surface area contributed by atoms with Crippen molar-refractivity contribution in [3.8, 4) is 0 Å². The molecule has 1 saturated heterocycles. The number of nitrogens with zero attached hydrogens (tertiary/aromatic N) is 1. The molecular weight excluding hydrogens is 246 g/mol. The molecule has 1 aliphatic heterocycles. The van der Waals surface area contributed by atoms with Crippen LogP contribution in [-0.4, -0.2) is 30.0 Å². The number of sulfone groups is 1. The molecule has 0 unspecified atom stereocenters. The first-order valence-corrected chi connectivity index (χ1v) is 7.98. The average molecular weight is 261 g/mol. The molecule has 0 aromatic carbocycles. The largest absolute Gasteiger partial charge is 0.391 e. The van der Waals surface area contributed by atoms with E-state index in [0.29, 0.717) is 17.4 Å². The number of aliphatic hydroxyl groups excluding tert-OH is 1. The summed E-state index contributed by atoms with van der Waals surface area (Å²) in [5, 5.41) is 9.92. The van der Waals surface area contributed by atoms with E-state index >= 15 is 0 Å². The van der Waals surface area contributed by atoms with Crippen LogP contribution in [0.2, 0.25) is 0 Å². The predicted molar refractivity (Wildman–Crippen MR) is 63.1 cm³/mol. The maximum Gasteiger partial charge on any atom is 0.150 e. The Balaban J connectivity index is 1.91. The van der Waals surface area contributed by atoms with Crippen LogP contribution in [-0.2, 0) is 22.9 Å². The summed E-state index contributed by atoms with van der Waals surface area (Å²) in [6.07, 6.45) is 4.03. The predicted octanol–water partition coefficient (Wildman–Crippen LogP) is 1.00. The molecule has 2 heterocycles. The standard InChI is InChI=1S/C10H15NO3S2/c12-7-9-6-11-10(15-9)5-8-1-3-16(13,14)4-2-8/h6,8,12H,1-5,7H2. The van der Waals surface area contributed by atoms with Crippen molar-refractivity contribution >= 4 is 21.2 Å². The lowest BCUT2D eigenvalue weighted by Gasteiger charge is -2.20. The highest BCUT2D eigenvalue weighted by molar-refractivity contribution is 7.91. The van der Waals surface area contributed by atoms with Gasteiger partial charge in [0, 0.05) is 12.6 Å². The fraction of sp³-hybridized carbons (Fsp3) is 0.700. The van der Waals surface area contributed by atoms with Crippen molar-refractivity contribution in [1.82, 2.24) is 4.98 Å². The molecule has 90 valence electrons. The maximum absolute atomic E-state index is 11.3. The summed E-state index contributed by atoms with van der Waals surface area (Å²) in [7, 11) is -2.76. The number of rotatable bonds is 3. The second-order valence-electron chi connectivity index (χ2n) is 4.18. The van der Waals surface area contributed by atoms with Gasteiger partial charge >= 0.3 is 0 Å². The van der Waals surface area contributed by atoms with Crippen molar-refractivity contribution < 1.29 is 13.5 Å². The Morgan fingerprint density at radius 3 is 2.69 bits per heavy atom. The Kier molecular flexibility index (Phi) is 3.61. The molecule has 0 bridgehead atoms. The highest BCUT2D eigenvalue weighted by Gasteiger charge is 2.24. The second-order valence-corrected chi connectivity index (χ2v) is 7.68. The van der Waals surface area contributed by atoms with Crippen molar-refractivity contribution in [2.75, 3.05) is 11.5 Å². The van der Waals surface area contributed by atoms with Crippen LogP contribution in [0.5, 0.6) is 0 Å². The van der Waals surface area contributed by atoms with E-state index in [1.807, 2.05) is 0 Å². The molecule has 1 aromatic heterocycles. The van der Waals surface area contributed by atoms with Crippen molar-refractivity contribution in [2.45, 2.75) is 25.9 Å². The van der Waals surface area contributed by atoms with Crippen molar-refractivity contribution in [1.29, 1.82) is 0 Å². The Bertz CT molecular complexity index is 438. The summed E-state index contributed by atoms with van der Waals surface area (Å²) in [6, 6.07) is 0. The normalized spacial score (nSPS) is 21.1. The molecule has 0 aliphatic carbocycles. The van der Waals surface area contributed by atoms with Crippen LogP contribution in [0.4, 0.5) is 0 Å². The molecule has 0 amide bonds. The third-order valence-corrected chi connectivity index (χ3v) is 5.61. The van der Waals surface area contributed by atoms with E-state index < -0.39 is 9.84 Å². The summed E-state index contributed by atoms with van der Waals surface area (Å²) in [5.74, 6) is 1.06. The highest BCUT2D eigenvalue weighted by Crippen LogP contribution is 2.25. The van der Waals surface area contributed by atoms with E-state index in [0.717, 1.165) is 29.1 Å². The smallest absolute Gasteiger partial charge is 0.150 e. The molecule has 2 rings (SSSR count). The van der Waals surface area contributed by atoms with Gasteiger partial charge in [0.2, 0.25) is 0 Å². The molecule has 4 nitrogen and oxygen atoms in total. The topological polar surface area (TPSA) is 67.3 Å². The third-order valence-electron chi connectivity index (χ3n) is 2.89. The van der Waals surface area contributed by atoms with E-state index in [4.69, 9.17) is 5.11 Å². The Morgan fingerprint density at radius 2 is 2.12 bits per heavy atom. The van der Waals surface area contributed by atoms with Gasteiger partial charge in [-0.05, 0) is 18.8 Å². The van der Waals surface area contributed by atoms with Gasteiger partial charge in [-0.15, -0.1) is 11.3 Å². The molecular formula is C10H15NO3S2. The van der Waals surface area contributed by atoms with E-state index in [1.54, 1.807) is 6.20 Å². The minimum atomic E-state index is -2.76. The van der Waals surface area contributed by atoms with Gasteiger partial charge in [0.25, 0.3) is 0 Å². The number of thiazole rings is 1. The van der Waals surface area contributed by atoms with E-state index in [2.05, 4.69) is 4.98 Å². The molecule has 6 heteroatoms. The van der Waals surface area contributed by atoms with Crippen LogP contribution in [0.1, 0.15) is 22.7 Å². The van der Waals surface area contributed by atoms with Crippen molar-refractivity contribution in [2.24, 2.45) is 5.92 Å². The van der Waals surface area contributed by atoms with Crippen LogP contribution >= 0.6 is 11.3 Å². The zero-order valence-corrected chi connectivity index (χ0v) is 10.6. The summed E-state index contributed by atoms with van der Waals surface area (Å²) in [4.78, 5) is 5.10. The van der Waals surface area contributed by atoms with Crippen molar-refractivity contribution in [3.05, 3.63) is 16.1 Å². The monoisotopic (exact) mass is 261 g/mol. The molecule has 0 atom stereocenters. The van der Waals surface area contributed by atoms with Crippen molar-refractivity contribution in [3.63, 3.8) is 0 Å². The van der Waals surface area contributed by atoms with E-state index in [-0.39, 0.29) is 6.61 Å².